The van der Waals surface area contributed by atoms with Crippen molar-refractivity contribution in [2.24, 2.45) is 0 Å². The second-order valence-corrected chi connectivity index (χ2v) is 5.04. The van der Waals surface area contributed by atoms with E-state index in [2.05, 4.69) is 30.7 Å². The first kappa shape index (κ1) is 12.1. The second kappa shape index (κ2) is 4.86. The summed E-state index contributed by atoms with van der Waals surface area (Å²) in [4.78, 5) is 12.3. The molecule has 2 aromatic rings. The van der Waals surface area contributed by atoms with Crippen molar-refractivity contribution in [2.75, 3.05) is 0 Å². The van der Waals surface area contributed by atoms with Crippen LogP contribution in [0.15, 0.2) is 18.5 Å². The second-order valence-electron chi connectivity index (χ2n) is 5.04. The minimum Gasteiger partial charge on any atom is -0.340 e. The SMILES string of the molecule is CCCC(C)(CCC)c1nc2ccncc2[nH]1. The van der Waals surface area contributed by atoms with E-state index < -0.39 is 0 Å². The summed E-state index contributed by atoms with van der Waals surface area (Å²) in [7, 11) is 0. The lowest BCUT2D eigenvalue weighted by Crippen LogP contribution is -2.23. The zero-order chi connectivity index (χ0) is 12.3. The lowest BCUT2D eigenvalue weighted by Gasteiger charge is -2.26. The van der Waals surface area contributed by atoms with Crippen molar-refractivity contribution in [3.05, 3.63) is 24.3 Å². The summed E-state index contributed by atoms with van der Waals surface area (Å²) < 4.78 is 0. The van der Waals surface area contributed by atoms with Crippen molar-refractivity contribution in [3.63, 3.8) is 0 Å². The quantitative estimate of drug-likeness (QED) is 0.850. The Kier molecular flexibility index (Phi) is 3.46. The maximum Gasteiger partial charge on any atom is 0.113 e. The van der Waals surface area contributed by atoms with Crippen LogP contribution in [0.25, 0.3) is 11.0 Å². The van der Waals surface area contributed by atoms with Gasteiger partial charge in [-0.15, -0.1) is 0 Å². The lowest BCUT2D eigenvalue weighted by molar-refractivity contribution is 0.373. The van der Waals surface area contributed by atoms with Crippen LogP contribution in [0.3, 0.4) is 0 Å². The Morgan fingerprint density at radius 1 is 1.24 bits per heavy atom. The lowest BCUT2D eigenvalue weighted by atomic mass is 9.80. The molecule has 0 aliphatic heterocycles. The molecule has 17 heavy (non-hydrogen) atoms. The molecule has 0 radical (unpaired) electrons. The Bertz CT molecular complexity index is 448. The molecule has 0 bridgehead atoms. The maximum atomic E-state index is 4.73. The van der Waals surface area contributed by atoms with Crippen LogP contribution >= 0.6 is 0 Å². The predicted octanol–water partition coefficient (Wildman–Crippen LogP) is 3.82. The van der Waals surface area contributed by atoms with Gasteiger partial charge in [0.25, 0.3) is 0 Å². The topological polar surface area (TPSA) is 41.6 Å². The van der Waals surface area contributed by atoms with E-state index in [1.165, 1.54) is 25.7 Å². The van der Waals surface area contributed by atoms with Gasteiger partial charge >= 0.3 is 0 Å². The van der Waals surface area contributed by atoms with E-state index in [-0.39, 0.29) is 5.41 Å². The predicted molar refractivity (Wildman–Crippen MR) is 71.1 cm³/mol. The largest absolute Gasteiger partial charge is 0.340 e. The molecule has 0 atom stereocenters. The number of pyridine rings is 1. The zero-order valence-corrected chi connectivity index (χ0v) is 11.0. The zero-order valence-electron chi connectivity index (χ0n) is 11.0. The first-order valence-corrected chi connectivity index (χ1v) is 6.50. The molecule has 3 heteroatoms. The van der Waals surface area contributed by atoms with Crippen LogP contribution in [0.5, 0.6) is 0 Å². The number of nitrogens with zero attached hydrogens (tertiary/aromatic N) is 2. The first-order chi connectivity index (χ1) is 8.19. The van der Waals surface area contributed by atoms with Gasteiger partial charge in [-0.05, 0) is 18.9 Å². The first-order valence-electron chi connectivity index (χ1n) is 6.50. The van der Waals surface area contributed by atoms with Gasteiger partial charge in [-0.3, -0.25) is 4.98 Å². The van der Waals surface area contributed by atoms with Crippen LogP contribution in [-0.2, 0) is 5.41 Å². The van der Waals surface area contributed by atoms with Crippen molar-refractivity contribution in [1.82, 2.24) is 15.0 Å². The van der Waals surface area contributed by atoms with Gasteiger partial charge in [-0.2, -0.15) is 0 Å². The third kappa shape index (κ3) is 2.33. The summed E-state index contributed by atoms with van der Waals surface area (Å²) in [6.07, 6.45) is 8.37. The van der Waals surface area contributed by atoms with Crippen LogP contribution < -0.4 is 0 Å². The molecule has 0 amide bonds. The molecule has 2 aromatic heterocycles. The van der Waals surface area contributed by atoms with Crippen LogP contribution in [0.4, 0.5) is 0 Å². The van der Waals surface area contributed by atoms with E-state index in [0.29, 0.717) is 0 Å². The molecule has 1 N–H and O–H groups in total. The monoisotopic (exact) mass is 231 g/mol. The van der Waals surface area contributed by atoms with Gasteiger partial charge in [0, 0.05) is 11.6 Å². The van der Waals surface area contributed by atoms with Gasteiger partial charge in [0.1, 0.15) is 5.82 Å². The number of H-pyrrole nitrogens is 1. The van der Waals surface area contributed by atoms with Gasteiger partial charge < -0.3 is 4.98 Å². The number of nitrogens with one attached hydrogen (secondary N) is 1. The molecule has 92 valence electrons. The number of hydrogen-bond acceptors (Lipinski definition) is 2. The molecule has 2 heterocycles. The highest BCUT2D eigenvalue weighted by Crippen LogP contribution is 2.32. The van der Waals surface area contributed by atoms with Gasteiger partial charge in [-0.1, -0.05) is 33.6 Å². The third-order valence-corrected chi connectivity index (χ3v) is 3.46. The molecule has 0 fully saturated rings. The van der Waals surface area contributed by atoms with Crippen molar-refractivity contribution in [3.8, 4) is 0 Å². The molecule has 2 rings (SSSR count). The number of aromatic nitrogens is 3. The summed E-state index contributed by atoms with van der Waals surface area (Å²) in [6.45, 7) is 6.78. The smallest absolute Gasteiger partial charge is 0.113 e. The Labute approximate surface area is 103 Å². The Morgan fingerprint density at radius 2 is 1.94 bits per heavy atom. The molecular formula is C14H21N3. The van der Waals surface area contributed by atoms with E-state index in [4.69, 9.17) is 4.98 Å². The Hall–Kier alpha value is -1.38. The highest BCUT2D eigenvalue weighted by atomic mass is 14.9. The fourth-order valence-electron chi connectivity index (χ4n) is 2.61. The molecular weight excluding hydrogens is 210 g/mol. The van der Waals surface area contributed by atoms with E-state index >= 15 is 0 Å². The summed E-state index contributed by atoms with van der Waals surface area (Å²) in [5, 5.41) is 0. The molecule has 0 spiro atoms. The molecule has 0 saturated heterocycles. The average Bonchev–Trinajstić information content (AvgIpc) is 2.74. The van der Waals surface area contributed by atoms with Crippen molar-refractivity contribution < 1.29 is 0 Å². The summed E-state index contributed by atoms with van der Waals surface area (Å²) >= 11 is 0. The number of hydrogen-bond donors (Lipinski definition) is 1. The Balaban J connectivity index is 2.41. The number of rotatable bonds is 5. The fraction of sp³-hybridized carbons (Fsp3) is 0.571. The van der Waals surface area contributed by atoms with Crippen LogP contribution in [0, 0.1) is 0 Å². The van der Waals surface area contributed by atoms with Gasteiger partial charge in [0.15, 0.2) is 0 Å². The molecule has 0 saturated carbocycles. The Morgan fingerprint density at radius 3 is 2.53 bits per heavy atom. The maximum absolute atomic E-state index is 4.73. The minimum atomic E-state index is 0.169. The summed E-state index contributed by atoms with van der Waals surface area (Å²) in [5.74, 6) is 1.12. The summed E-state index contributed by atoms with van der Waals surface area (Å²) in [5.41, 5.74) is 2.23. The third-order valence-electron chi connectivity index (χ3n) is 3.46. The highest BCUT2D eigenvalue weighted by Gasteiger charge is 2.28. The molecule has 0 aromatic carbocycles. The molecule has 3 nitrogen and oxygen atoms in total. The number of aromatic amines is 1. The van der Waals surface area contributed by atoms with Crippen LogP contribution in [0.1, 0.15) is 52.3 Å². The van der Waals surface area contributed by atoms with Crippen molar-refractivity contribution in [2.45, 2.75) is 51.9 Å². The molecule has 0 unspecified atom stereocenters. The minimum absolute atomic E-state index is 0.169. The number of imidazole rings is 1. The van der Waals surface area contributed by atoms with Crippen molar-refractivity contribution in [1.29, 1.82) is 0 Å². The molecule has 0 aliphatic rings. The van der Waals surface area contributed by atoms with Crippen LogP contribution in [-0.4, -0.2) is 15.0 Å². The van der Waals surface area contributed by atoms with Gasteiger partial charge in [0.2, 0.25) is 0 Å². The van der Waals surface area contributed by atoms with E-state index in [0.717, 1.165) is 16.9 Å². The number of fused-ring (bicyclic) bond motifs is 1. The van der Waals surface area contributed by atoms with Crippen LogP contribution in [0.2, 0.25) is 0 Å². The van der Waals surface area contributed by atoms with Gasteiger partial charge in [-0.25, -0.2) is 4.98 Å². The highest BCUT2D eigenvalue weighted by molar-refractivity contribution is 5.73. The molecule has 0 aliphatic carbocycles. The van der Waals surface area contributed by atoms with Crippen molar-refractivity contribution >= 4 is 11.0 Å². The van der Waals surface area contributed by atoms with E-state index in [1.807, 2.05) is 12.3 Å². The fourth-order valence-corrected chi connectivity index (χ4v) is 2.61. The normalized spacial score (nSPS) is 12.2. The standard InChI is InChI=1S/C14H21N3/c1-4-7-14(3,8-5-2)13-16-11-6-9-15-10-12(11)17-13/h6,9-10H,4-5,7-8H2,1-3H3,(H,16,17). The van der Waals surface area contributed by atoms with E-state index in [9.17, 15) is 0 Å². The average molecular weight is 231 g/mol. The van der Waals surface area contributed by atoms with Gasteiger partial charge in [0.05, 0.1) is 17.2 Å². The van der Waals surface area contributed by atoms with E-state index in [1.54, 1.807) is 6.20 Å². The summed E-state index contributed by atoms with van der Waals surface area (Å²) in [6, 6.07) is 1.97.